The maximum atomic E-state index is 12.9. The van der Waals surface area contributed by atoms with Crippen molar-refractivity contribution < 1.29 is 4.42 Å². The van der Waals surface area contributed by atoms with E-state index in [2.05, 4.69) is 18.2 Å². The molecule has 0 N–H and O–H groups in total. The molecule has 4 aromatic rings. The van der Waals surface area contributed by atoms with E-state index in [4.69, 9.17) is 4.42 Å². The van der Waals surface area contributed by atoms with Gasteiger partial charge in [-0.25, -0.2) is 0 Å². The van der Waals surface area contributed by atoms with E-state index in [1.54, 1.807) is 0 Å². The zero-order chi connectivity index (χ0) is 15.4. The number of hydrogen-bond donors (Lipinski definition) is 0. The van der Waals surface area contributed by atoms with Gasteiger partial charge in [-0.1, -0.05) is 29.8 Å². The van der Waals surface area contributed by atoms with Crippen LogP contribution in [0.3, 0.4) is 0 Å². The van der Waals surface area contributed by atoms with Gasteiger partial charge in [0.05, 0.1) is 10.8 Å². The Bertz CT molecular complexity index is 1120. The summed E-state index contributed by atoms with van der Waals surface area (Å²) in [5, 5.41) is 3.42. The summed E-state index contributed by atoms with van der Waals surface area (Å²) >= 11 is 0. The monoisotopic (exact) mass is 288 g/mol. The normalized spacial score (nSPS) is 11.6. The average Bonchev–Trinajstić information content (AvgIpc) is 2.46. The third-order valence-electron chi connectivity index (χ3n) is 4.25. The Morgan fingerprint density at radius 2 is 1.59 bits per heavy atom. The molecule has 4 rings (SSSR count). The van der Waals surface area contributed by atoms with Gasteiger partial charge < -0.3 is 4.42 Å². The summed E-state index contributed by atoms with van der Waals surface area (Å²) in [6, 6.07) is 14.0. The summed E-state index contributed by atoms with van der Waals surface area (Å²) in [5.41, 5.74) is 4.63. The summed E-state index contributed by atoms with van der Waals surface area (Å²) in [6.45, 7) is 6.03. The smallest absolute Gasteiger partial charge is 0.200 e. The van der Waals surface area contributed by atoms with Crippen molar-refractivity contribution >= 4 is 32.7 Å². The maximum Gasteiger partial charge on any atom is 0.200 e. The van der Waals surface area contributed by atoms with Gasteiger partial charge in [-0.05, 0) is 55.5 Å². The Labute approximate surface area is 128 Å². The van der Waals surface area contributed by atoms with E-state index in [-0.39, 0.29) is 5.43 Å². The molecule has 0 spiro atoms. The fourth-order valence-electron chi connectivity index (χ4n) is 3.24. The first-order valence-corrected chi connectivity index (χ1v) is 7.42. The standard InChI is InChI=1S/C20H16O2/c1-11-4-5-14-6-7-15-19(21)18-13(3)8-12(2)10-17(18)22-20(15)16(14)9-11/h4-10H,1-3H3. The SMILES string of the molecule is Cc1cc(C)c2c(=O)c3ccc4ccc(C)cc4c3oc2c1. The topological polar surface area (TPSA) is 30.2 Å². The van der Waals surface area contributed by atoms with Crippen LogP contribution in [0.5, 0.6) is 0 Å². The highest BCUT2D eigenvalue weighted by Crippen LogP contribution is 2.28. The molecule has 0 radical (unpaired) electrons. The number of rotatable bonds is 0. The number of hydrogen-bond acceptors (Lipinski definition) is 2. The number of benzene rings is 3. The maximum absolute atomic E-state index is 12.9. The van der Waals surface area contributed by atoms with Crippen LogP contribution in [0.4, 0.5) is 0 Å². The molecule has 0 saturated heterocycles. The van der Waals surface area contributed by atoms with Gasteiger partial charge in [-0.2, -0.15) is 0 Å². The van der Waals surface area contributed by atoms with E-state index >= 15 is 0 Å². The third kappa shape index (κ3) is 1.77. The molecule has 2 nitrogen and oxygen atoms in total. The van der Waals surface area contributed by atoms with Crippen LogP contribution < -0.4 is 5.43 Å². The molecule has 108 valence electrons. The fraction of sp³-hybridized carbons (Fsp3) is 0.150. The summed E-state index contributed by atoms with van der Waals surface area (Å²) in [7, 11) is 0. The van der Waals surface area contributed by atoms with Crippen molar-refractivity contribution in [3.63, 3.8) is 0 Å². The first-order valence-electron chi connectivity index (χ1n) is 7.42. The van der Waals surface area contributed by atoms with Crippen molar-refractivity contribution in [2.45, 2.75) is 20.8 Å². The average molecular weight is 288 g/mol. The predicted molar refractivity (Wildman–Crippen MR) is 91.7 cm³/mol. The van der Waals surface area contributed by atoms with Gasteiger partial charge in [0.15, 0.2) is 0 Å². The Balaban J connectivity index is 2.32. The minimum atomic E-state index is 0.0529. The Kier molecular flexibility index (Phi) is 2.64. The number of fused-ring (bicyclic) bond motifs is 4. The van der Waals surface area contributed by atoms with Gasteiger partial charge in [0.2, 0.25) is 5.43 Å². The molecule has 1 aromatic heterocycles. The molecule has 0 unspecified atom stereocenters. The summed E-state index contributed by atoms with van der Waals surface area (Å²) in [6.07, 6.45) is 0. The second kappa shape index (κ2) is 4.44. The van der Waals surface area contributed by atoms with Crippen LogP contribution in [0.1, 0.15) is 16.7 Å². The van der Waals surface area contributed by atoms with E-state index in [1.807, 2.05) is 45.0 Å². The van der Waals surface area contributed by atoms with Crippen LogP contribution in [0.15, 0.2) is 51.7 Å². The first kappa shape index (κ1) is 13.1. The lowest BCUT2D eigenvalue weighted by Crippen LogP contribution is -2.04. The van der Waals surface area contributed by atoms with Gasteiger partial charge in [0.25, 0.3) is 0 Å². The molecule has 3 aromatic carbocycles. The van der Waals surface area contributed by atoms with E-state index in [0.29, 0.717) is 21.9 Å². The highest BCUT2D eigenvalue weighted by atomic mass is 16.3. The molecular formula is C20H16O2. The zero-order valence-corrected chi connectivity index (χ0v) is 12.9. The third-order valence-corrected chi connectivity index (χ3v) is 4.25. The van der Waals surface area contributed by atoms with Crippen LogP contribution in [-0.2, 0) is 0 Å². The van der Waals surface area contributed by atoms with E-state index in [1.165, 1.54) is 0 Å². The van der Waals surface area contributed by atoms with Crippen molar-refractivity contribution in [1.29, 1.82) is 0 Å². The van der Waals surface area contributed by atoms with Gasteiger partial charge in [-0.15, -0.1) is 0 Å². The summed E-state index contributed by atoms with van der Waals surface area (Å²) in [4.78, 5) is 12.9. The molecule has 0 fully saturated rings. The Morgan fingerprint density at radius 3 is 2.41 bits per heavy atom. The van der Waals surface area contributed by atoms with Crippen molar-refractivity contribution in [2.75, 3.05) is 0 Å². The van der Waals surface area contributed by atoms with E-state index < -0.39 is 0 Å². The first-order chi connectivity index (χ1) is 10.5. The Morgan fingerprint density at radius 1 is 0.818 bits per heavy atom. The van der Waals surface area contributed by atoms with Gasteiger partial charge in [0.1, 0.15) is 11.2 Å². The Hall–Kier alpha value is -2.61. The van der Waals surface area contributed by atoms with Crippen LogP contribution in [0.25, 0.3) is 32.7 Å². The summed E-state index contributed by atoms with van der Waals surface area (Å²) < 4.78 is 6.16. The molecular weight excluding hydrogens is 272 g/mol. The highest BCUT2D eigenvalue weighted by molar-refractivity contribution is 6.07. The van der Waals surface area contributed by atoms with Crippen molar-refractivity contribution in [3.8, 4) is 0 Å². The molecule has 22 heavy (non-hydrogen) atoms. The van der Waals surface area contributed by atoms with E-state index in [0.717, 1.165) is 27.5 Å². The van der Waals surface area contributed by atoms with Crippen LogP contribution in [0.2, 0.25) is 0 Å². The largest absolute Gasteiger partial charge is 0.455 e. The van der Waals surface area contributed by atoms with Crippen LogP contribution in [-0.4, -0.2) is 0 Å². The van der Waals surface area contributed by atoms with Gasteiger partial charge in [0, 0.05) is 5.39 Å². The van der Waals surface area contributed by atoms with Crippen molar-refractivity contribution in [3.05, 3.63) is 69.4 Å². The molecule has 0 saturated carbocycles. The predicted octanol–water partition coefficient (Wildman–Crippen LogP) is 5.02. The molecule has 2 heteroatoms. The number of aryl methyl sites for hydroxylation is 3. The lowest BCUT2D eigenvalue weighted by Gasteiger charge is -2.08. The van der Waals surface area contributed by atoms with E-state index in [9.17, 15) is 4.79 Å². The lowest BCUT2D eigenvalue weighted by molar-refractivity contribution is 0.663. The minimum absolute atomic E-state index is 0.0529. The van der Waals surface area contributed by atoms with Crippen LogP contribution in [0, 0.1) is 20.8 Å². The molecule has 0 bridgehead atoms. The van der Waals surface area contributed by atoms with Crippen molar-refractivity contribution in [1.82, 2.24) is 0 Å². The molecule has 1 heterocycles. The zero-order valence-electron chi connectivity index (χ0n) is 12.9. The second-order valence-electron chi connectivity index (χ2n) is 6.05. The summed E-state index contributed by atoms with van der Waals surface area (Å²) in [5.74, 6) is 0. The van der Waals surface area contributed by atoms with Gasteiger partial charge >= 0.3 is 0 Å². The highest BCUT2D eigenvalue weighted by Gasteiger charge is 2.12. The molecule has 0 aliphatic rings. The lowest BCUT2D eigenvalue weighted by atomic mass is 10.0. The van der Waals surface area contributed by atoms with Crippen molar-refractivity contribution in [2.24, 2.45) is 0 Å². The molecule has 0 amide bonds. The molecule has 0 aliphatic carbocycles. The van der Waals surface area contributed by atoms with Gasteiger partial charge in [-0.3, -0.25) is 4.79 Å². The molecule has 0 aliphatic heterocycles. The minimum Gasteiger partial charge on any atom is -0.455 e. The second-order valence-corrected chi connectivity index (χ2v) is 6.05. The fourth-order valence-corrected chi connectivity index (χ4v) is 3.24. The molecule has 0 atom stereocenters. The van der Waals surface area contributed by atoms with Crippen LogP contribution >= 0.6 is 0 Å². The quantitative estimate of drug-likeness (QED) is 0.336.